The highest BCUT2D eigenvalue weighted by Crippen LogP contribution is 2.28. The quantitative estimate of drug-likeness (QED) is 0.699. The Morgan fingerprint density at radius 2 is 1.86 bits per heavy atom. The largest absolute Gasteiger partial charge is 0.325 e. The first-order valence-corrected chi connectivity index (χ1v) is 8.74. The van der Waals surface area contributed by atoms with E-state index in [-0.39, 0.29) is 5.91 Å². The van der Waals surface area contributed by atoms with Crippen molar-refractivity contribution in [2.24, 2.45) is 0 Å². The van der Waals surface area contributed by atoms with E-state index in [1.54, 1.807) is 0 Å². The number of thioether (sulfide) groups is 1. The van der Waals surface area contributed by atoms with Crippen molar-refractivity contribution in [2.75, 3.05) is 11.1 Å². The topological polar surface area (TPSA) is 29.1 Å². The average Bonchev–Trinajstić information content (AvgIpc) is 2.54. The number of halogens is 1. The third kappa shape index (κ3) is 4.52. The zero-order valence-electron chi connectivity index (χ0n) is 12.8. The van der Waals surface area contributed by atoms with Crippen LogP contribution in [0.15, 0.2) is 53.4 Å². The molecule has 0 radical (unpaired) electrons. The summed E-state index contributed by atoms with van der Waals surface area (Å²) in [5.41, 5.74) is 2.09. The normalized spacial score (nSPS) is 12.0. The first kappa shape index (κ1) is 16.9. The highest BCUT2D eigenvalue weighted by molar-refractivity contribution is 8.00. The summed E-state index contributed by atoms with van der Waals surface area (Å²) in [5.74, 6) is 0.756. The molecule has 2 nitrogen and oxygen atoms in total. The number of amides is 1. The van der Waals surface area contributed by atoms with E-state index in [2.05, 4.69) is 25.2 Å². The summed E-state index contributed by atoms with van der Waals surface area (Å²) >= 11 is 7.55. The average molecular weight is 334 g/mol. The number of hydrogen-bond acceptors (Lipinski definition) is 2. The molecule has 0 aliphatic carbocycles. The SMILES string of the molecule is CC[C@H](C)c1ccccc1NC(=O)CSc1ccccc1Cl. The van der Waals surface area contributed by atoms with Crippen LogP contribution in [0.3, 0.4) is 0 Å². The molecule has 116 valence electrons. The molecule has 1 atom stereocenters. The van der Waals surface area contributed by atoms with E-state index in [4.69, 9.17) is 11.6 Å². The molecule has 1 amide bonds. The molecule has 0 aliphatic rings. The minimum Gasteiger partial charge on any atom is -0.325 e. The standard InChI is InChI=1S/C18H20ClNOS/c1-3-13(2)14-8-4-6-10-16(14)20-18(21)12-22-17-11-7-5-9-15(17)19/h4-11,13H,3,12H2,1-2H3,(H,20,21)/t13-/m0/s1. The van der Waals surface area contributed by atoms with Crippen LogP contribution in [0, 0.1) is 0 Å². The molecule has 0 spiro atoms. The predicted octanol–water partition coefficient (Wildman–Crippen LogP) is 5.58. The summed E-state index contributed by atoms with van der Waals surface area (Å²) in [6, 6.07) is 15.6. The molecule has 1 N–H and O–H groups in total. The van der Waals surface area contributed by atoms with Crippen molar-refractivity contribution in [3.05, 3.63) is 59.1 Å². The van der Waals surface area contributed by atoms with Crippen LogP contribution in [0.4, 0.5) is 5.69 Å². The zero-order chi connectivity index (χ0) is 15.9. The van der Waals surface area contributed by atoms with Crippen molar-refractivity contribution in [1.82, 2.24) is 0 Å². The molecule has 0 saturated carbocycles. The molecule has 0 heterocycles. The molecular weight excluding hydrogens is 314 g/mol. The van der Waals surface area contributed by atoms with Crippen molar-refractivity contribution in [3.63, 3.8) is 0 Å². The summed E-state index contributed by atoms with van der Waals surface area (Å²) in [6.45, 7) is 4.32. The molecule has 0 fully saturated rings. The highest BCUT2D eigenvalue weighted by Gasteiger charge is 2.11. The maximum absolute atomic E-state index is 12.2. The number of carbonyl (C=O) groups is 1. The molecule has 2 aromatic rings. The van der Waals surface area contributed by atoms with Gasteiger partial charge in [-0.15, -0.1) is 11.8 Å². The number of hydrogen-bond donors (Lipinski definition) is 1. The van der Waals surface area contributed by atoms with E-state index in [9.17, 15) is 4.79 Å². The first-order chi connectivity index (χ1) is 10.6. The van der Waals surface area contributed by atoms with Gasteiger partial charge in [-0.05, 0) is 36.1 Å². The zero-order valence-corrected chi connectivity index (χ0v) is 14.4. The molecule has 2 aromatic carbocycles. The summed E-state index contributed by atoms with van der Waals surface area (Å²) in [6.07, 6.45) is 1.04. The van der Waals surface area contributed by atoms with Gasteiger partial charge in [0.25, 0.3) is 0 Å². The van der Waals surface area contributed by atoms with Crippen molar-refractivity contribution < 1.29 is 4.79 Å². The fraction of sp³-hybridized carbons (Fsp3) is 0.278. The van der Waals surface area contributed by atoms with E-state index in [1.165, 1.54) is 17.3 Å². The smallest absolute Gasteiger partial charge is 0.234 e. The van der Waals surface area contributed by atoms with Gasteiger partial charge < -0.3 is 5.32 Å². The van der Waals surface area contributed by atoms with Crippen molar-refractivity contribution in [1.29, 1.82) is 0 Å². The lowest BCUT2D eigenvalue weighted by atomic mass is 9.97. The molecule has 4 heteroatoms. The van der Waals surface area contributed by atoms with Crippen LogP contribution in [0.25, 0.3) is 0 Å². The molecule has 0 unspecified atom stereocenters. The Bertz CT molecular complexity index is 644. The Morgan fingerprint density at radius 3 is 2.59 bits per heavy atom. The van der Waals surface area contributed by atoms with E-state index < -0.39 is 0 Å². The number of carbonyl (C=O) groups excluding carboxylic acids is 1. The third-order valence-corrected chi connectivity index (χ3v) is 5.09. The number of nitrogens with one attached hydrogen (secondary N) is 1. The highest BCUT2D eigenvalue weighted by atomic mass is 35.5. The molecule has 0 aliphatic heterocycles. The van der Waals surface area contributed by atoms with Crippen LogP contribution in [0.1, 0.15) is 31.7 Å². The molecule has 0 bridgehead atoms. The van der Waals surface area contributed by atoms with Crippen LogP contribution in [0.5, 0.6) is 0 Å². The van der Waals surface area contributed by atoms with Crippen LogP contribution in [-0.4, -0.2) is 11.7 Å². The van der Waals surface area contributed by atoms with Gasteiger partial charge in [0.1, 0.15) is 0 Å². The second-order valence-electron chi connectivity index (χ2n) is 5.16. The number of para-hydroxylation sites is 1. The second-order valence-corrected chi connectivity index (χ2v) is 6.59. The van der Waals surface area contributed by atoms with Gasteiger partial charge in [0, 0.05) is 10.6 Å². The fourth-order valence-electron chi connectivity index (χ4n) is 2.15. The van der Waals surface area contributed by atoms with Crippen LogP contribution in [0.2, 0.25) is 5.02 Å². The van der Waals surface area contributed by atoms with Crippen molar-refractivity contribution in [3.8, 4) is 0 Å². The summed E-state index contributed by atoms with van der Waals surface area (Å²) in [4.78, 5) is 13.1. The number of benzene rings is 2. The lowest BCUT2D eigenvalue weighted by Gasteiger charge is -2.15. The van der Waals surface area contributed by atoms with Gasteiger partial charge >= 0.3 is 0 Å². The fourth-order valence-corrected chi connectivity index (χ4v) is 3.19. The van der Waals surface area contributed by atoms with E-state index in [0.29, 0.717) is 16.7 Å². The molecule has 2 rings (SSSR count). The Balaban J connectivity index is 1.99. The maximum Gasteiger partial charge on any atom is 0.234 e. The molecule has 0 saturated heterocycles. The summed E-state index contributed by atoms with van der Waals surface area (Å²) in [7, 11) is 0. The molecule has 22 heavy (non-hydrogen) atoms. The van der Waals surface area contributed by atoms with Crippen LogP contribution in [-0.2, 0) is 4.79 Å². The predicted molar refractivity (Wildman–Crippen MR) is 96.0 cm³/mol. The van der Waals surface area contributed by atoms with E-state index in [1.807, 2.05) is 42.5 Å². The van der Waals surface area contributed by atoms with Gasteiger partial charge in [0.2, 0.25) is 5.91 Å². The number of anilines is 1. The monoisotopic (exact) mass is 333 g/mol. The summed E-state index contributed by atoms with van der Waals surface area (Å²) < 4.78 is 0. The van der Waals surface area contributed by atoms with Crippen LogP contribution < -0.4 is 5.32 Å². The first-order valence-electron chi connectivity index (χ1n) is 7.38. The van der Waals surface area contributed by atoms with Gasteiger partial charge in [-0.3, -0.25) is 4.79 Å². The van der Waals surface area contributed by atoms with Gasteiger partial charge in [-0.1, -0.05) is 55.8 Å². The second kappa shape index (κ2) is 8.25. The van der Waals surface area contributed by atoms with Crippen molar-refractivity contribution in [2.45, 2.75) is 31.1 Å². The van der Waals surface area contributed by atoms with E-state index >= 15 is 0 Å². The maximum atomic E-state index is 12.2. The Labute approximate surface area is 141 Å². The Kier molecular flexibility index (Phi) is 6.34. The molecular formula is C18H20ClNOS. The van der Waals surface area contributed by atoms with E-state index in [0.717, 1.165) is 17.0 Å². The van der Waals surface area contributed by atoms with Crippen LogP contribution >= 0.6 is 23.4 Å². The summed E-state index contributed by atoms with van der Waals surface area (Å²) in [5, 5.41) is 3.69. The lowest BCUT2D eigenvalue weighted by Crippen LogP contribution is -2.15. The van der Waals surface area contributed by atoms with Gasteiger partial charge in [0.15, 0.2) is 0 Å². The van der Waals surface area contributed by atoms with Crippen molar-refractivity contribution >= 4 is 35.0 Å². The minimum atomic E-state index is -0.0133. The Hall–Kier alpha value is -1.45. The number of rotatable bonds is 6. The molecule has 0 aromatic heterocycles. The lowest BCUT2D eigenvalue weighted by molar-refractivity contribution is -0.113. The van der Waals surface area contributed by atoms with Gasteiger partial charge in [-0.2, -0.15) is 0 Å². The third-order valence-electron chi connectivity index (χ3n) is 3.57. The van der Waals surface area contributed by atoms with Gasteiger partial charge in [0.05, 0.1) is 10.8 Å². The minimum absolute atomic E-state index is 0.0133. The Morgan fingerprint density at radius 1 is 1.18 bits per heavy atom. The van der Waals surface area contributed by atoms with Gasteiger partial charge in [-0.25, -0.2) is 0 Å².